The quantitative estimate of drug-likeness (QED) is 0.475. The van der Waals surface area contributed by atoms with Crippen molar-refractivity contribution in [3.05, 3.63) is 52.5 Å². The Labute approximate surface area is 190 Å². The zero-order chi connectivity index (χ0) is 22.3. The van der Waals surface area contributed by atoms with E-state index in [0.717, 1.165) is 11.3 Å². The van der Waals surface area contributed by atoms with Gasteiger partial charge in [-0.15, -0.1) is 0 Å². The highest BCUT2D eigenvalue weighted by Crippen LogP contribution is 2.32. The van der Waals surface area contributed by atoms with Gasteiger partial charge in [-0.3, -0.25) is 9.47 Å². The van der Waals surface area contributed by atoms with Crippen LogP contribution in [0.4, 0.5) is 4.79 Å². The molecule has 0 N–H and O–H groups in total. The van der Waals surface area contributed by atoms with Gasteiger partial charge in [0.1, 0.15) is 22.2 Å². The van der Waals surface area contributed by atoms with Gasteiger partial charge in [-0.2, -0.15) is 0 Å². The lowest BCUT2D eigenvalue weighted by molar-refractivity contribution is -0.0644. The van der Waals surface area contributed by atoms with Crippen molar-refractivity contribution in [3.63, 3.8) is 0 Å². The van der Waals surface area contributed by atoms with Gasteiger partial charge < -0.3 is 9.47 Å². The Morgan fingerprint density at radius 1 is 1.19 bits per heavy atom. The monoisotopic (exact) mass is 462 g/mol. The third kappa shape index (κ3) is 4.49. The number of amides is 1. The maximum Gasteiger partial charge on any atom is 0.410 e. The molecule has 0 unspecified atom stereocenters. The summed E-state index contributed by atoms with van der Waals surface area (Å²) in [5.41, 5.74) is 1.83. The van der Waals surface area contributed by atoms with Gasteiger partial charge in [-0.05, 0) is 51.5 Å². The first-order chi connectivity index (χ1) is 14.6. The molecule has 7 nitrogen and oxygen atoms in total. The molecule has 1 fully saturated rings. The van der Waals surface area contributed by atoms with E-state index in [4.69, 9.17) is 32.7 Å². The minimum Gasteiger partial charge on any atom is -0.444 e. The zero-order valence-electron chi connectivity index (χ0n) is 17.8. The number of fused-ring (bicyclic) bond motifs is 1. The van der Waals surface area contributed by atoms with Crippen molar-refractivity contribution in [1.82, 2.24) is 19.4 Å². The smallest absolute Gasteiger partial charge is 0.410 e. The van der Waals surface area contributed by atoms with Crippen molar-refractivity contribution >= 4 is 40.3 Å². The van der Waals surface area contributed by atoms with Crippen LogP contribution in [0.1, 0.15) is 39.3 Å². The predicted octanol–water partition coefficient (Wildman–Crippen LogP) is 5.42. The van der Waals surface area contributed by atoms with E-state index in [1.807, 2.05) is 52.0 Å². The van der Waals surface area contributed by atoms with E-state index in [2.05, 4.69) is 9.97 Å². The summed E-state index contributed by atoms with van der Waals surface area (Å²) in [6, 6.07) is 9.29. The Balaban J connectivity index is 1.65. The number of hydrogen-bond acceptors (Lipinski definition) is 5. The molecule has 4 rings (SSSR count). The van der Waals surface area contributed by atoms with E-state index >= 15 is 0 Å². The Morgan fingerprint density at radius 3 is 2.58 bits per heavy atom. The van der Waals surface area contributed by atoms with E-state index < -0.39 is 5.60 Å². The number of ether oxygens (including phenoxy) is 2. The van der Waals surface area contributed by atoms with Gasteiger partial charge >= 0.3 is 6.09 Å². The molecule has 1 aliphatic heterocycles. The van der Waals surface area contributed by atoms with Gasteiger partial charge in [0, 0.05) is 5.69 Å². The third-order valence-electron chi connectivity index (χ3n) is 5.04. The molecule has 0 saturated carbocycles. The average molecular weight is 463 g/mol. The molecule has 3 aromatic rings. The molecule has 2 atom stereocenters. The molecule has 31 heavy (non-hydrogen) atoms. The number of carbonyl (C=O) groups excluding carboxylic acids is 1. The number of morpholine rings is 1. The van der Waals surface area contributed by atoms with Crippen LogP contribution in [0.15, 0.2) is 36.7 Å². The predicted molar refractivity (Wildman–Crippen MR) is 120 cm³/mol. The van der Waals surface area contributed by atoms with E-state index in [0.29, 0.717) is 34.5 Å². The van der Waals surface area contributed by atoms with Crippen molar-refractivity contribution in [2.24, 2.45) is 0 Å². The summed E-state index contributed by atoms with van der Waals surface area (Å²) in [6.07, 6.45) is 1.01. The van der Waals surface area contributed by atoms with Gasteiger partial charge in [0.15, 0.2) is 5.65 Å². The molecule has 1 saturated heterocycles. The molecule has 164 valence electrons. The van der Waals surface area contributed by atoms with Crippen molar-refractivity contribution in [2.45, 2.75) is 45.4 Å². The first kappa shape index (κ1) is 21.9. The maximum atomic E-state index is 12.8. The Morgan fingerprint density at radius 2 is 1.90 bits per heavy atom. The van der Waals surface area contributed by atoms with Crippen LogP contribution in [0, 0.1) is 0 Å². The molecular weight excluding hydrogens is 439 g/mol. The Bertz CT molecular complexity index is 1110. The van der Waals surface area contributed by atoms with Gasteiger partial charge in [0.25, 0.3) is 0 Å². The van der Waals surface area contributed by atoms with E-state index in [-0.39, 0.29) is 18.2 Å². The molecule has 0 radical (unpaired) electrons. The standard InChI is InChI=1S/C22H24Cl2N4O3/c1-13-10-27(21(29)31-22(2,3)4)17(11-30-13)14-5-7-15(8-6-14)28-18(23)9-16-19(24)25-12-26-20(16)28/h5-9,12-13,17H,10-11H2,1-4H3/t13-,17-/m0/s1. The van der Waals surface area contributed by atoms with Crippen LogP contribution in [-0.2, 0) is 9.47 Å². The fourth-order valence-electron chi connectivity index (χ4n) is 3.64. The highest BCUT2D eigenvalue weighted by atomic mass is 35.5. The minimum atomic E-state index is -0.567. The number of rotatable bonds is 2. The van der Waals surface area contributed by atoms with E-state index in [1.165, 1.54) is 6.33 Å². The largest absolute Gasteiger partial charge is 0.444 e. The molecule has 1 aliphatic rings. The van der Waals surface area contributed by atoms with E-state index in [1.54, 1.807) is 15.5 Å². The first-order valence-corrected chi connectivity index (χ1v) is 10.8. The number of carbonyl (C=O) groups is 1. The van der Waals surface area contributed by atoms with Gasteiger partial charge in [-0.1, -0.05) is 35.3 Å². The molecule has 0 bridgehead atoms. The van der Waals surface area contributed by atoms with Crippen LogP contribution < -0.4 is 0 Å². The molecule has 1 amide bonds. The summed E-state index contributed by atoms with van der Waals surface area (Å²) in [5.74, 6) is 0. The molecule has 3 heterocycles. The first-order valence-electron chi connectivity index (χ1n) is 10.0. The maximum absolute atomic E-state index is 12.8. The summed E-state index contributed by atoms with van der Waals surface area (Å²) in [6.45, 7) is 8.39. The van der Waals surface area contributed by atoms with Gasteiger partial charge in [0.05, 0.1) is 30.7 Å². The second-order valence-corrected chi connectivity index (χ2v) is 9.33. The molecular formula is C22H24Cl2N4O3. The van der Waals surface area contributed by atoms with Crippen molar-refractivity contribution in [3.8, 4) is 5.69 Å². The zero-order valence-corrected chi connectivity index (χ0v) is 19.3. The van der Waals surface area contributed by atoms with Crippen LogP contribution in [0.2, 0.25) is 10.3 Å². The fraction of sp³-hybridized carbons (Fsp3) is 0.409. The molecule has 0 spiro atoms. The second kappa shape index (κ2) is 8.30. The van der Waals surface area contributed by atoms with E-state index in [9.17, 15) is 4.79 Å². The second-order valence-electron chi connectivity index (χ2n) is 8.59. The van der Waals surface area contributed by atoms with Crippen molar-refractivity contribution < 1.29 is 14.3 Å². The SMILES string of the molecule is C[C@H]1CN(C(=O)OC(C)(C)C)[C@H](c2ccc(-n3c(Cl)cc4c(Cl)ncnc43)cc2)CO1. The van der Waals surface area contributed by atoms with Crippen molar-refractivity contribution in [2.75, 3.05) is 13.2 Å². The summed E-state index contributed by atoms with van der Waals surface area (Å²) >= 11 is 12.6. The number of hydrogen-bond donors (Lipinski definition) is 0. The van der Waals surface area contributed by atoms with Crippen LogP contribution >= 0.6 is 23.2 Å². The van der Waals surface area contributed by atoms with Crippen LogP contribution in [0.5, 0.6) is 0 Å². The van der Waals surface area contributed by atoms with Crippen LogP contribution in [0.25, 0.3) is 16.7 Å². The fourth-order valence-corrected chi connectivity index (χ4v) is 4.11. The average Bonchev–Trinajstić information content (AvgIpc) is 3.04. The van der Waals surface area contributed by atoms with Gasteiger partial charge in [0.2, 0.25) is 0 Å². The van der Waals surface area contributed by atoms with Gasteiger partial charge in [-0.25, -0.2) is 14.8 Å². The molecule has 0 aliphatic carbocycles. The number of benzene rings is 1. The highest BCUT2D eigenvalue weighted by molar-refractivity contribution is 6.36. The number of halogens is 2. The van der Waals surface area contributed by atoms with Crippen LogP contribution in [-0.4, -0.2) is 50.4 Å². The lowest BCUT2D eigenvalue weighted by Crippen LogP contribution is -2.48. The summed E-state index contributed by atoms with van der Waals surface area (Å²) in [7, 11) is 0. The van der Waals surface area contributed by atoms with Crippen LogP contribution in [0.3, 0.4) is 0 Å². The lowest BCUT2D eigenvalue weighted by Gasteiger charge is -2.39. The lowest BCUT2D eigenvalue weighted by atomic mass is 10.0. The summed E-state index contributed by atoms with van der Waals surface area (Å²) < 4.78 is 13.3. The Hall–Kier alpha value is -2.35. The molecule has 9 heteroatoms. The van der Waals surface area contributed by atoms with Crippen molar-refractivity contribution in [1.29, 1.82) is 0 Å². The molecule has 1 aromatic carbocycles. The normalized spacial score (nSPS) is 19.6. The topological polar surface area (TPSA) is 69.5 Å². The number of aromatic nitrogens is 3. The molecule has 2 aromatic heterocycles. The Kier molecular flexibility index (Phi) is 5.85. The number of nitrogens with zero attached hydrogens (tertiary/aromatic N) is 4. The highest BCUT2D eigenvalue weighted by Gasteiger charge is 2.34. The summed E-state index contributed by atoms with van der Waals surface area (Å²) in [4.78, 5) is 22.9. The minimum absolute atomic E-state index is 0.0579. The third-order valence-corrected chi connectivity index (χ3v) is 5.62. The summed E-state index contributed by atoms with van der Waals surface area (Å²) in [5, 5.41) is 1.52.